The molecule has 3 heteroatoms. The molecule has 0 radical (unpaired) electrons. The Morgan fingerprint density at radius 1 is 1.39 bits per heavy atom. The maximum Gasteiger partial charge on any atom is 0.244 e. The minimum Gasteiger partial charge on any atom is -0.322 e. The number of benzene rings is 1. The molecule has 2 aliphatic rings. The van der Waals surface area contributed by atoms with Crippen molar-refractivity contribution in [2.24, 2.45) is 0 Å². The van der Waals surface area contributed by atoms with Crippen LogP contribution in [0.25, 0.3) is 0 Å². The van der Waals surface area contributed by atoms with Crippen LogP contribution in [0.4, 0.5) is 0 Å². The fraction of sp³-hybridized carbons (Fsp3) is 0.533. The van der Waals surface area contributed by atoms with E-state index in [4.69, 9.17) is 0 Å². The van der Waals surface area contributed by atoms with Gasteiger partial charge in [-0.2, -0.15) is 0 Å². The zero-order chi connectivity index (χ0) is 12.9. The van der Waals surface area contributed by atoms with Gasteiger partial charge in [-0.25, -0.2) is 0 Å². The smallest absolute Gasteiger partial charge is 0.244 e. The SMILES string of the molecule is CCN1C(=O)C2(CC2)NC1c1cc(C)ccc1C. The second-order valence-electron chi connectivity index (χ2n) is 5.58. The van der Waals surface area contributed by atoms with Gasteiger partial charge in [-0.1, -0.05) is 23.8 Å². The molecule has 1 atom stereocenters. The normalized spacial score (nSPS) is 24.9. The number of amides is 1. The molecule has 1 aromatic rings. The molecule has 1 unspecified atom stereocenters. The van der Waals surface area contributed by atoms with Crippen molar-refractivity contribution in [1.29, 1.82) is 0 Å². The lowest BCUT2D eigenvalue weighted by molar-refractivity contribution is -0.130. The number of nitrogens with one attached hydrogen (secondary N) is 1. The van der Waals surface area contributed by atoms with Crippen LogP contribution in [-0.2, 0) is 4.79 Å². The summed E-state index contributed by atoms with van der Waals surface area (Å²) in [5, 5.41) is 3.55. The van der Waals surface area contributed by atoms with Crippen molar-refractivity contribution in [2.45, 2.75) is 45.3 Å². The van der Waals surface area contributed by atoms with Gasteiger partial charge in [-0.05, 0) is 44.7 Å². The van der Waals surface area contributed by atoms with Crippen LogP contribution in [0.2, 0.25) is 0 Å². The Hall–Kier alpha value is -1.35. The number of hydrogen-bond acceptors (Lipinski definition) is 2. The fourth-order valence-corrected chi connectivity index (χ4v) is 2.90. The van der Waals surface area contributed by atoms with Crippen molar-refractivity contribution in [2.75, 3.05) is 6.54 Å². The van der Waals surface area contributed by atoms with Gasteiger partial charge in [0.25, 0.3) is 0 Å². The third kappa shape index (κ3) is 1.57. The molecule has 1 amide bonds. The monoisotopic (exact) mass is 244 g/mol. The summed E-state index contributed by atoms with van der Waals surface area (Å²) < 4.78 is 0. The van der Waals surface area contributed by atoms with Gasteiger partial charge in [0.15, 0.2) is 0 Å². The molecule has 1 N–H and O–H groups in total. The van der Waals surface area contributed by atoms with E-state index >= 15 is 0 Å². The summed E-state index contributed by atoms with van der Waals surface area (Å²) in [6, 6.07) is 6.46. The summed E-state index contributed by atoms with van der Waals surface area (Å²) in [4.78, 5) is 14.3. The van der Waals surface area contributed by atoms with Gasteiger partial charge >= 0.3 is 0 Å². The lowest BCUT2D eigenvalue weighted by Gasteiger charge is -2.24. The van der Waals surface area contributed by atoms with Gasteiger partial charge in [-0.15, -0.1) is 0 Å². The maximum atomic E-state index is 12.4. The highest BCUT2D eigenvalue weighted by Crippen LogP contribution is 2.46. The van der Waals surface area contributed by atoms with Crippen LogP contribution in [0.15, 0.2) is 18.2 Å². The first kappa shape index (κ1) is 11.7. The van der Waals surface area contributed by atoms with E-state index in [0.717, 1.165) is 19.4 Å². The molecule has 3 nitrogen and oxygen atoms in total. The molecule has 2 fully saturated rings. The van der Waals surface area contributed by atoms with Crippen molar-refractivity contribution in [3.05, 3.63) is 34.9 Å². The van der Waals surface area contributed by atoms with E-state index < -0.39 is 0 Å². The van der Waals surface area contributed by atoms with Crippen LogP contribution in [0.5, 0.6) is 0 Å². The third-order valence-corrected chi connectivity index (χ3v) is 4.21. The van der Waals surface area contributed by atoms with Crippen molar-refractivity contribution in [1.82, 2.24) is 10.2 Å². The molecule has 1 saturated heterocycles. The van der Waals surface area contributed by atoms with Crippen LogP contribution in [-0.4, -0.2) is 22.9 Å². The van der Waals surface area contributed by atoms with E-state index in [1.54, 1.807) is 0 Å². The predicted octanol–water partition coefficient (Wildman–Crippen LogP) is 2.29. The zero-order valence-corrected chi connectivity index (χ0v) is 11.3. The number of likely N-dealkylation sites (N-methyl/N-ethyl adjacent to an activating group) is 1. The average Bonchev–Trinajstić information content (AvgIpc) is 3.07. The number of rotatable bonds is 2. The Kier molecular flexibility index (Phi) is 2.49. The molecule has 1 aromatic carbocycles. The standard InChI is InChI=1S/C15H20N2O/c1-4-17-13(16-15(7-8-15)14(17)18)12-9-10(2)5-6-11(12)3/h5-6,9,13,16H,4,7-8H2,1-3H3. The molecule has 1 saturated carbocycles. The Labute approximate surface area is 108 Å². The lowest BCUT2D eigenvalue weighted by Crippen LogP contribution is -2.32. The van der Waals surface area contributed by atoms with E-state index in [9.17, 15) is 4.79 Å². The molecular weight excluding hydrogens is 224 g/mol. The molecular formula is C15H20N2O. The topological polar surface area (TPSA) is 32.3 Å². The van der Waals surface area contributed by atoms with Crippen molar-refractivity contribution < 1.29 is 4.79 Å². The third-order valence-electron chi connectivity index (χ3n) is 4.21. The summed E-state index contributed by atoms with van der Waals surface area (Å²) in [5.74, 6) is 0.288. The summed E-state index contributed by atoms with van der Waals surface area (Å²) in [7, 11) is 0. The summed E-state index contributed by atoms with van der Waals surface area (Å²) in [5.41, 5.74) is 3.52. The zero-order valence-electron chi connectivity index (χ0n) is 11.3. The first-order valence-electron chi connectivity index (χ1n) is 6.73. The number of carbonyl (C=O) groups excluding carboxylic acids is 1. The average molecular weight is 244 g/mol. The molecule has 0 aromatic heterocycles. The van der Waals surface area contributed by atoms with Gasteiger partial charge in [0.2, 0.25) is 5.91 Å². The summed E-state index contributed by atoms with van der Waals surface area (Å²) in [6.45, 7) is 7.04. The molecule has 1 aliphatic heterocycles. The van der Waals surface area contributed by atoms with Gasteiger partial charge in [0.05, 0.1) is 0 Å². The first-order chi connectivity index (χ1) is 8.57. The Morgan fingerprint density at radius 2 is 2.11 bits per heavy atom. The highest BCUT2D eigenvalue weighted by atomic mass is 16.2. The van der Waals surface area contributed by atoms with Gasteiger partial charge in [0.1, 0.15) is 11.7 Å². The van der Waals surface area contributed by atoms with Crippen molar-refractivity contribution in [3.63, 3.8) is 0 Å². The van der Waals surface area contributed by atoms with Crippen LogP contribution in [0.3, 0.4) is 0 Å². The minimum atomic E-state index is -0.225. The van der Waals surface area contributed by atoms with E-state index in [1.165, 1.54) is 16.7 Å². The fourth-order valence-electron chi connectivity index (χ4n) is 2.90. The Bertz CT molecular complexity index is 505. The highest BCUT2D eigenvalue weighted by Gasteiger charge is 2.59. The van der Waals surface area contributed by atoms with Crippen molar-refractivity contribution >= 4 is 5.91 Å². The first-order valence-corrected chi connectivity index (χ1v) is 6.73. The maximum absolute atomic E-state index is 12.4. The molecule has 96 valence electrons. The Morgan fingerprint density at radius 3 is 2.72 bits per heavy atom. The van der Waals surface area contributed by atoms with Crippen LogP contribution >= 0.6 is 0 Å². The Balaban J connectivity index is 2.00. The van der Waals surface area contributed by atoms with Gasteiger partial charge in [-0.3, -0.25) is 10.1 Å². The quantitative estimate of drug-likeness (QED) is 0.865. The summed E-state index contributed by atoms with van der Waals surface area (Å²) >= 11 is 0. The van der Waals surface area contributed by atoms with Crippen LogP contribution in [0.1, 0.15) is 42.6 Å². The summed E-state index contributed by atoms with van der Waals surface area (Å²) in [6.07, 6.45) is 2.04. The molecule has 1 aliphatic carbocycles. The predicted molar refractivity (Wildman–Crippen MR) is 71.1 cm³/mol. The van der Waals surface area contributed by atoms with Crippen LogP contribution < -0.4 is 5.32 Å². The van der Waals surface area contributed by atoms with Crippen molar-refractivity contribution in [3.8, 4) is 0 Å². The van der Waals surface area contributed by atoms with Gasteiger partial charge < -0.3 is 4.90 Å². The molecule has 1 heterocycles. The second kappa shape index (κ2) is 3.82. The highest BCUT2D eigenvalue weighted by molar-refractivity contribution is 5.92. The number of carbonyl (C=O) groups is 1. The lowest BCUT2D eigenvalue weighted by atomic mass is 10.0. The second-order valence-corrected chi connectivity index (χ2v) is 5.58. The van der Waals surface area contributed by atoms with Crippen LogP contribution in [0, 0.1) is 13.8 Å². The van der Waals surface area contributed by atoms with E-state index in [1.807, 2.05) is 4.90 Å². The van der Waals surface area contributed by atoms with E-state index in [0.29, 0.717) is 0 Å². The number of hydrogen-bond donors (Lipinski definition) is 1. The number of aryl methyl sites for hydroxylation is 2. The molecule has 1 spiro atoms. The van der Waals surface area contributed by atoms with Gasteiger partial charge in [0, 0.05) is 6.54 Å². The molecule has 3 rings (SSSR count). The number of nitrogens with zero attached hydrogens (tertiary/aromatic N) is 1. The molecule has 0 bridgehead atoms. The molecule has 18 heavy (non-hydrogen) atoms. The van der Waals surface area contributed by atoms with E-state index in [2.05, 4.69) is 44.3 Å². The minimum absolute atomic E-state index is 0.0601. The largest absolute Gasteiger partial charge is 0.322 e. The van der Waals surface area contributed by atoms with E-state index in [-0.39, 0.29) is 17.6 Å².